The maximum Gasteiger partial charge on any atom is 0.259 e. The number of aromatic nitrogens is 4. The monoisotopic (exact) mass is 434 g/mol. The van der Waals surface area contributed by atoms with Gasteiger partial charge in [-0.2, -0.15) is 0 Å². The van der Waals surface area contributed by atoms with Crippen LogP contribution in [0.15, 0.2) is 30.3 Å². The third-order valence-electron chi connectivity index (χ3n) is 6.52. The van der Waals surface area contributed by atoms with Crippen molar-refractivity contribution in [3.63, 3.8) is 0 Å². The van der Waals surface area contributed by atoms with Crippen LogP contribution >= 0.6 is 0 Å². The zero-order valence-corrected chi connectivity index (χ0v) is 18.6. The Bertz CT molecular complexity index is 1190. The molecule has 2 aromatic heterocycles. The summed E-state index contributed by atoms with van der Waals surface area (Å²) in [4.78, 5) is 19.8. The van der Waals surface area contributed by atoms with Crippen LogP contribution < -0.4 is 5.32 Å². The van der Waals surface area contributed by atoms with Gasteiger partial charge in [-0.3, -0.25) is 9.69 Å². The van der Waals surface area contributed by atoms with Gasteiger partial charge in [0, 0.05) is 31.6 Å². The molecule has 5 rings (SSSR count). The van der Waals surface area contributed by atoms with Crippen LogP contribution in [0.4, 0.5) is 10.2 Å². The molecule has 4 heterocycles. The molecule has 2 aliphatic rings. The van der Waals surface area contributed by atoms with Crippen LogP contribution in [0.3, 0.4) is 0 Å². The molecule has 0 saturated heterocycles. The van der Waals surface area contributed by atoms with Gasteiger partial charge in [0.25, 0.3) is 5.91 Å². The number of benzene rings is 1. The maximum absolute atomic E-state index is 14.8. The predicted octanol–water partition coefficient (Wildman–Crippen LogP) is 4.01. The number of nitrogens with one attached hydrogen (secondary N) is 1. The summed E-state index contributed by atoms with van der Waals surface area (Å²) in [6.45, 7) is 8.04. The second kappa shape index (κ2) is 8.09. The Labute approximate surface area is 186 Å². The first-order valence-corrected chi connectivity index (χ1v) is 11.2. The average molecular weight is 435 g/mol. The SMILES string of the molecule is CC(C)N1CCc2cc(F)c(C(=O)Nc3cccc(-c4nnc5n4[C@H](C)CC5)n3)cc2C1. The van der Waals surface area contributed by atoms with Crippen molar-refractivity contribution in [3.8, 4) is 11.5 Å². The van der Waals surface area contributed by atoms with E-state index in [-0.39, 0.29) is 5.56 Å². The third-order valence-corrected chi connectivity index (χ3v) is 6.52. The number of hydrogen-bond donors (Lipinski definition) is 1. The highest BCUT2D eigenvalue weighted by Gasteiger charge is 2.26. The molecule has 0 spiro atoms. The number of carbonyl (C=O) groups is 1. The Kier molecular flexibility index (Phi) is 5.25. The fourth-order valence-electron chi connectivity index (χ4n) is 4.63. The average Bonchev–Trinajstić information content (AvgIpc) is 3.36. The van der Waals surface area contributed by atoms with Gasteiger partial charge in [-0.25, -0.2) is 9.37 Å². The summed E-state index contributed by atoms with van der Waals surface area (Å²) in [6.07, 6.45) is 2.72. The molecule has 0 unspecified atom stereocenters. The van der Waals surface area contributed by atoms with Gasteiger partial charge in [0.15, 0.2) is 5.82 Å². The van der Waals surface area contributed by atoms with Crippen molar-refractivity contribution in [1.82, 2.24) is 24.6 Å². The second-order valence-corrected chi connectivity index (χ2v) is 8.97. The van der Waals surface area contributed by atoms with Crippen molar-refractivity contribution in [3.05, 3.63) is 58.7 Å². The van der Waals surface area contributed by atoms with Gasteiger partial charge in [0.05, 0.1) is 5.56 Å². The molecule has 2 aliphatic heterocycles. The smallest absolute Gasteiger partial charge is 0.259 e. The fraction of sp³-hybridized carbons (Fsp3) is 0.417. The number of nitrogens with zero attached hydrogens (tertiary/aromatic N) is 5. The van der Waals surface area contributed by atoms with Gasteiger partial charge in [-0.05, 0) is 69.0 Å². The van der Waals surface area contributed by atoms with E-state index in [0.29, 0.717) is 29.4 Å². The Hall–Kier alpha value is -3.13. The van der Waals surface area contributed by atoms with E-state index < -0.39 is 11.7 Å². The summed E-state index contributed by atoms with van der Waals surface area (Å²) in [5.74, 6) is 0.998. The number of carbonyl (C=O) groups excluding carboxylic acids is 1. The molecular weight excluding hydrogens is 407 g/mol. The summed E-state index contributed by atoms with van der Waals surface area (Å²) in [6, 6.07) is 9.26. The molecule has 0 aliphatic carbocycles. The molecule has 8 heteroatoms. The minimum absolute atomic E-state index is 0.0403. The van der Waals surface area contributed by atoms with Crippen molar-refractivity contribution in [2.75, 3.05) is 11.9 Å². The van der Waals surface area contributed by atoms with Gasteiger partial charge in [-0.15, -0.1) is 10.2 Å². The number of halogens is 1. The molecule has 0 fully saturated rings. The third kappa shape index (κ3) is 3.68. The van der Waals surface area contributed by atoms with Gasteiger partial charge < -0.3 is 9.88 Å². The number of amides is 1. The van der Waals surface area contributed by atoms with E-state index in [9.17, 15) is 9.18 Å². The van der Waals surface area contributed by atoms with Crippen molar-refractivity contribution < 1.29 is 9.18 Å². The largest absolute Gasteiger partial charge is 0.307 e. The van der Waals surface area contributed by atoms with E-state index in [1.807, 2.05) is 12.1 Å². The fourth-order valence-corrected chi connectivity index (χ4v) is 4.63. The normalized spacial score (nSPS) is 18.0. The molecule has 32 heavy (non-hydrogen) atoms. The topological polar surface area (TPSA) is 75.9 Å². The quantitative estimate of drug-likeness (QED) is 0.672. The van der Waals surface area contributed by atoms with Gasteiger partial charge in [0.1, 0.15) is 23.2 Å². The number of fused-ring (bicyclic) bond motifs is 2. The minimum atomic E-state index is -0.503. The first-order valence-electron chi connectivity index (χ1n) is 11.2. The molecule has 1 atom stereocenters. The highest BCUT2D eigenvalue weighted by Crippen LogP contribution is 2.30. The van der Waals surface area contributed by atoms with Crippen LogP contribution in [0.5, 0.6) is 0 Å². The molecule has 166 valence electrons. The lowest BCUT2D eigenvalue weighted by Crippen LogP contribution is -2.36. The van der Waals surface area contributed by atoms with Crippen molar-refractivity contribution >= 4 is 11.7 Å². The Balaban J connectivity index is 1.40. The molecule has 0 radical (unpaired) electrons. The second-order valence-electron chi connectivity index (χ2n) is 8.97. The zero-order chi connectivity index (χ0) is 22.4. The van der Waals surface area contributed by atoms with Gasteiger partial charge in [0.2, 0.25) is 0 Å². The number of aryl methyl sites for hydroxylation is 1. The molecule has 3 aromatic rings. The number of pyridine rings is 1. The number of anilines is 1. The standard InChI is InChI=1S/C24H27FN6O/c1-14(2)30-10-9-16-12-19(25)18(11-17(16)13-30)24(32)27-21-6-4-5-20(26-21)23-29-28-22-8-7-15(3)31(22)23/h4-6,11-12,14-15H,7-10,13H2,1-3H3,(H,26,27,32)/t15-/m1/s1. The Morgan fingerprint density at radius 2 is 2.03 bits per heavy atom. The lowest BCUT2D eigenvalue weighted by atomic mass is 9.96. The Morgan fingerprint density at radius 1 is 1.19 bits per heavy atom. The first kappa shape index (κ1) is 20.8. The molecule has 1 amide bonds. The number of hydrogen-bond acceptors (Lipinski definition) is 5. The van der Waals surface area contributed by atoms with E-state index in [1.165, 1.54) is 6.07 Å². The highest BCUT2D eigenvalue weighted by atomic mass is 19.1. The molecule has 1 aromatic carbocycles. The lowest BCUT2D eigenvalue weighted by Gasteiger charge is -2.32. The van der Waals surface area contributed by atoms with Crippen LogP contribution in [-0.2, 0) is 19.4 Å². The van der Waals surface area contributed by atoms with Gasteiger partial charge in [-0.1, -0.05) is 6.07 Å². The van der Waals surface area contributed by atoms with Crippen molar-refractivity contribution in [1.29, 1.82) is 0 Å². The molecular formula is C24H27FN6O. The number of rotatable bonds is 4. The van der Waals surface area contributed by atoms with E-state index in [2.05, 4.69) is 50.7 Å². The van der Waals surface area contributed by atoms with Crippen LogP contribution in [0.25, 0.3) is 11.5 Å². The molecule has 0 saturated carbocycles. The summed E-state index contributed by atoms with van der Waals surface area (Å²) >= 11 is 0. The van der Waals surface area contributed by atoms with Crippen molar-refractivity contribution in [2.45, 2.75) is 58.7 Å². The highest BCUT2D eigenvalue weighted by molar-refractivity contribution is 6.04. The summed E-state index contributed by atoms with van der Waals surface area (Å²) < 4.78 is 16.9. The van der Waals surface area contributed by atoms with Crippen LogP contribution in [0.2, 0.25) is 0 Å². The molecule has 7 nitrogen and oxygen atoms in total. The predicted molar refractivity (Wildman–Crippen MR) is 120 cm³/mol. The van der Waals surface area contributed by atoms with Crippen LogP contribution in [-0.4, -0.2) is 43.1 Å². The zero-order valence-electron chi connectivity index (χ0n) is 18.6. The van der Waals surface area contributed by atoms with Crippen LogP contribution in [0, 0.1) is 5.82 Å². The van der Waals surface area contributed by atoms with E-state index in [0.717, 1.165) is 49.3 Å². The van der Waals surface area contributed by atoms with Crippen LogP contribution in [0.1, 0.15) is 60.5 Å². The minimum Gasteiger partial charge on any atom is -0.307 e. The summed E-state index contributed by atoms with van der Waals surface area (Å²) in [5, 5.41) is 11.3. The van der Waals surface area contributed by atoms with Gasteiger partial charge >= 0.3 is 0 Å². The lowest BCUT2D eigenvalue weighted by molar-refractivity contribution is 0.102. The molecule has 1 N–H and O–H groups in total. The maximum atomic E-state index is 14.8. The van der Waals surface area contributed by atoms with E-state index in [1.54, 1.807) is 12.1 Å². The summed E-state index contributed by atoms with van der Waals surface area (Å²) in [5.41, 5.74) is 2.66. The molecule has 0 bridgehead atoms. The van der Waals surface area contributed by atoms with Crippen molar-refractivity contribution in [2.24, 2.45) is 0 Å². The first-order chi connectivity index (χ1) is 15.4. The van der Waals surface area contributed by atoms with E-state index >= 15 is 0 Å². The van der Waals surface area contributed by atoms with E-state index in [4.69, 9.17) is 0 Å². The summed E-state index contributed by atoms with van der Waals surface area (Å²) in [7, 11) is 0. The Morgan fingerprint density at radius 3 is 2.84 bits per heavy atom.